The lowest BCUT2D eigenvalue weighted by Crippen LogP contribution is -1.75. The van der Waals surface area contributed by atoms with E-state index in [1.165, 1.54) is 0 Å². The summed E-state index contributed by atoms with van der Waals surface area (Å²) in [6.07, 6.45) is 7.67. The molecule has 0 rings (SSSR count). The standard InChI is InChI=1S/C10H14/c1-5-8-10(7-3)9(4)6-2/h5-8H,2-3H2,1,4H3/b8-5-,10-9-. The SMILES string of the molecule is C=C/C(C)=C(C=C)\C=C/C. The Balaban J connectivity index is 4.61. The van der Waals surface area contributed by atoms with Gasteiger partial charge in [-0.25, -0.2) is 0 Å². The van der Waals surface area contributed by atoms with E-state index in [9.17, 15) is 0 Å². The Kier molecular flexibility index (Phi) is 4.30. The normalized spacial score (nSPS) is 13.0. The average molecular weight is 134 g/mol. The van der Waals surface area contributed by atoms with Crippen molar-refractivity contribution in [1.29, 1.82) is 0 Å². The second-order valence-corrected chi connectivity index (χ2v) is 2.05. The van der Waals surface area contributed by atoms with Crippen molar-refractivity contribution in [3.63, 3.8) is 0 Å². The van der Waals surface area contributed by atoms with E-state index in [0.29, 0.717) is 0 Å². The summed E-state index contributed by atoms with van der Waals surface area (Å²) >= 11 is 0. The van der Waals surface area contributed by atoms with Crippen molar-refractivity contribution in [3.8, 4) is 0 Å². The predicted molar refractivity (Wildman–Crippen MR) is 47.9 cm³/mol. The van der Waals surface area contributed by atoms with Crippen LogP contribution in [0.5, 0.6) is 0 Å². The van der Waals surface area contributed by atoms with Crippen molar-refractivity contribution < 1.29 is 0 Å². The molecule has 0 saturated carbocycles. The molecule has 0 spiro atoms. The fourth-order valence-electron chi connectivity index (χ4n) is 0.658. The third-order valence-electron chi connectivity index (χ3n) is 1.33. The summed E-state index contributed by atoms with van der Waals surface area (Å²) in [4.78, 5) is 0. The van der Waals surface area contributed by atoms with Crippen molar-refractivity contribution >= 4 is 0 Å². The van der Waals surface area contributed by atoms with Crippen molar-refractivity contribution in [2.45, 2.75) is 13.8 Å². The molecule has 0 amide bonds. The summed E-state index contributed by atoms with van der Waals surface area (Å²) in [5, 5.41) is 0. The summed E-state index contributed by atoms with van der Waals surface area (Å²) in [5.74, 6) is 0. The predicted octanol–water partition coefficient (Wildman–Crippen LogP) is 3.25. The lowest BCUT2D eigenvalue weighted by Gasteiger charge is -1.95. The Labute approximate surface area is 63.3 Å². The van der Waals surface area contributed by atoms with Gasteiger partial charge in [0.1, 0.15) is 0 Å². The maximum atomic E-state index is 3.69. The Morgan fingerprint density at radius 3 is 2.10 bits per heavy atom. The highest BCUT2D eigenvalue weighted by molar-refractivity contribution is 5.37. The summed E-state index contributed by atoms with van der Waals surface area (Å²) in [6, 6.07) is 0. The van der Waals surface area contributed by atoms with Crippen molar-refractivity contribution in [1.82, 2.24) is 0 Å². The molecule has 0 aromatic heterocycles. The molecule has 10 heavy (non-hydrogen) atoms. The largest absolute Gasteiger partial charge is 0.0988 e. The second kappa shape index (κ2) is 4.80. The van der Waals surface area contributed by atoms with Gasteiger partial charge in [0.15, 0.2) is 0 Å². The van der Waals surface area contributed by atoms with Gasteiger partial charge in [-0.05, 0) is 25.0 Å². The van der Waals surface area contributed by atoms with Crippen LogP contribution >= 0.6 is 0 Å². The van der Waals surface area contributed by atoms with Crippen LogP contribution in [0.25, 0.3) is 0 Å². The number of allylic oxidation sites excluding steroid dienone is 6. The molecular weight excluding hydrogens is 120 g/mol. The van der Waals surface area contributed by atoms with Gasteiger partial charge in [-0.2, -0.15) is 0 Å². The van der Waals surface area contributed by atoms with Gasteiger partial charge >= 0.3 is 0 Å². The zero-order chi connectivity index (χ0) is 7.98. The quantitative estimate of drug-likeness (QED) is 0.520. The lowest BCUT2D eigenvalue weighted by molar-refractivity contribution is 1.45. The van der Waals surface area contributed by atoms with Gasteiger partial charge < -0.3 is 0 Å². The van der Waals surface area contributed by atoms with Crippen LogP contribution in [0.1, 0.15) is 13.8 Å². The molecule has 0 aliphatic rings. The molecule has 0 aromatic rings. The van der Waals surface area contributed by atoms with Crippen LogP contribution in [-0.2, 0) is 0 Å². The monoisotopic (exact) mass is 134 g/mol. The van der Waals surface area contributed by atoms with Gasteiger partial charge in [0, 0.05) is 0 Å². The summed E-state index contributed by atoms with van der Waals surface area (Å²) in [7, 11) is 0. The first-order valence-corrected chi connectivity index (χ1v) is 3.34. The van der Waals surface area contributed by atoms with E-state index in [0.717, 1.165) is 11.1 Å². The fraction of sp³-hybridized carbons (Fsp3) is 0.200. The third kappa shape index (κ3) is 2.49. The molecule has 0 bridgehead atoms. The van der Waals surface area contributed by atoms with Gasteiger partial charge in [-0.15, -0.1) is 0 Å². The molecular formula is C10H14. The zero-order valence-corrected chi connectivity index (χ0v) is 6.72. The highest BCUT2D eigenvalue weighted by atomic mass is 13.9. The van der Waals surface area contributed by atoms with Gasteiger partial charge in [-0.3, -0.25) is 0 Å². The van der Waals surface area contributed by atoms with E-state index in [1.807, 2.05) is 38.2 Å². The van der Waals surface area contributed by atoms with E-state index in [4.69, 9.17) is 0 Å². The summed E-state index contributed by atoms with van der Waals surface area (Å²) in [6.45, 7) is 11.4. The van der Waals surface area contributed by atoms with Crippen LogP contribution in [-0.4, -0.2) is 0 Å². The summed E-state index contributed by atoms with van der Waals surface area (Å²) in [5.41, 5.74) is 2.30. The molecule has 0 radical (unpaired) electrons. The first-order valence-electron chi connectivity index (χ1n) is 3.34. The number of hydrogen-bond acceptors (Lipinski definition) is 0. The lowest BCUT2D eigenvalue weighted by atomic mass is 10.1. The average Bonchev–Trinajstić information content (AvgIpc) is 1.99. The van der Waals surface area contributed by atoms with Crippen LogP contribution < -0.4 is 0 Å². The van der Waals surface area contributed by atoms with Crippen LogP contribution in [0, 0.1) is 0 Å². The molecule has 0 saturated heterocycles. The minimum Gasteiger partial charge on any atom is -0.0988 e. The third-order valence-corrected chi connectivity index (χ3v) is 1.33. The minimum absolute atomic E-state index is 1.14. The molecule has 0 atom stereocenters. The summed E-state index contributed by atoms with van der Waals surface area (Å²) < 4.78 is 0. The number of hydrogen-bond donors (Lipinski definition) is 0. The molecule has 0 aliphatic heterocycles. The highest BCUT2D eigenvalue weighted by Gasteiger charge is 1.86. The van der Waals surface area contributed by atoms with Gasteiger partial charge in [0.25, 0.3) is 0 Å². The fourth-order valence-corrected chi connectivity index (χ4v) is 0.658. The van der Waals surface area contributed by atoms with Gasteiger partial charge in [0.2, 0.25) is 0 Å². The van der Waals surface area contributed by atoms with E-state index >= 15 is 0 Å². The van der Waals surface area contributed by atoms with Crippen LogP contribution in [0.2, 0.25) is 0 Å². The van der Waals surface area contributed by atoms with E-state index in [-0.39, 0.29) is 0 Å². The molecule has 0 aromatic carbocycles. The molecule has 0 heteroatoms. The van der Waals surface area contributed by atoms with Crippen molar-refractivity contribution in [2.24, 2.45) is 0 Å². The molecule has 0 fully saturated rings. The van der Waals surface area contributed by atoms with Crippen LogP contribution in [0.3, 0.4) is 0 Å². The van der Waals surface area contributed by atoms with E-state index in [2.05, 4.69) is 13.2 Å². The zero-order valence-electron chi connectivity index (χ0n) is 6.72. The molecule has 0 N–H and O–H groups in total. The molecule has 0 aliphatic carbocycles. The molecule has 54 valence electrons. The molecule has 0 nitrogen and oxygen atoms in total. The van der Waals surface area contributed by atoms with Crippen LogP contribution in [0.4, 0.5) is 0 Å². The topological polar surface area (TPSA) is 0 Å². The Hall–Kier alpha value is -1.04. The smallest absolute Gasteiger partial charge is 0.0237 e. The maximum Gasteiger partial charge on any atom is -0.0237 e. The second-order valence-electron chi connectivity index (χ2n) is 2.05. The first-order chi connectivity index (χ1) is 4.76. The highest BCUT2D eigenvalue weighted by Crippen LogP contribution is 2.06. The first kappa shape index (κ1) is 8.96. The Morgan fingerprint density at radius 1 is 1.20 bits per heavy atom. The Bertz CT molecular complexity index is 180. The van der Waals surface area contributed by atoms with Crippen molar-refractivity contribution in [2.75, 3.05) is 0 Å². The van der Waals surface area contributed by atoms with E-state index in [1.54, 1.807) is 0 Å². The van der Waals surface area contributed by atoms with Crippen LogP contribution in [0.15, 0.2) is 48.6 Å². The van der Waals surface area contributed by atoms with Gasteiger partial charge in [0.05, 0.1) is 0 Å². The molecule has 0 unspecified atom stereocenters. The minimum atomic E-state index is 1.14. The Morgan fingerprint density at radius 2 is 1.80 bits per heavy atom. The van der Waals surface area contributed by atoms with Crippen molar-refractivity contribution in [3.05, 3.63) is 48.6 Å². The number of rotatable bonds is 3. The van der Waals surface area contributed by atoms with E-state index < -0.39 is 0 Å². The maximum absolute atomic E-state index is 3.69. The van der Waals surface area contributed by atoms with Gasteiger partial charge in [-0.1, -0.05) is 37.5 Å². The molecule has 0 heterocycles.